The molecule has 4 rings (SSSR count). The summed E-state index contributed by atoms with van der Waals surface area (Å²) in [7, 11) is 1.69. The molecule has 3 saturated carbocycles. The first kappa shape index (κ1) is 13.3. The van der Waals surface area contributed by atoms with Crippen LogP contribution in [0.25, 0.3) is 0 Å². The Morgan fingerprint density at radius 2 is 2.15 bits per heavy atom. The number of fused-ring (bicyclic) bond motifs is 5. The minimum Gasteiger partial charge on any atom is -0.386 e. The molecule has 0 aliphatic heterocycles. The molecule has 110 valence electrons. The average Bonchev–Trinajstić information content (AvgIpc) is 2.75. The Morgan fingerprint density at radius 1 is 1.45 bits per heavy atom. The summed E-state index contributed by atoms with van der Waals surface area (Å²) in [5, 5.41) is 15.2. The second-order valence-corrected chi connectivity index (χ2v) is 7.46. The van der Waals surface area contributed by atoms with Crippen LogP contribution in [0.4, 0.5) is 0 Å². The number of hydrogen-bond donors (Lipinski definition) is 1. The fraction of sp³-hybridized carbons (Fsp3) is 0.800. The Hall–Kier alpha value is -0.390. The van der Waals surface area contributed by atoms with E-state index in [9.17, 15) is 5.11 Å². The van der Waals surface area contributed by atoms with E-state index in [1.807, 2.05) is 4.68 Å². The van der Waals surface area contributed by atoms with Crippen molar-refractivity contribution in [2.45, 2.75) is 31.9 Å². The van der Waals surface area contributed by atoms with E-state index in [-0.39, 0.29) is 6.10 Å². The lowest BCUT2D eigenvalue weighted by Crippen LogP contribution is -2.16. The smallest absolute Gasteiger partial charge is 0.100 e. The van der Waals surface area contributed by atoms with Gasteiger partial charge in [-0.2, -0.15) is 5.10 Å². The molecule has 2 bridgehead atoms. The number of aromatic nitrogens is 2. The SMILES string of the molecule is COCCn1ncc(Br)c1C(O)C1C2C3CCC(C3)C21. The van der Waals surface area contributed by atoms with E-state index in [2.05, 4.69) is 21.0 Å². The predicted octanol–water partition coefficient (Wildman–Crippen LogP) is 2.62. The van der Waals surface area contributed by atoms with Crippen molar-refractivity contribution in [3.63, 3.8) is 0 Å². The summed E-state index contributed by atoms with van der Waals surface area (Å²) >= 11 is 3.55. The molecule has 4 nitrogen and oxygen atoms in total. The van der Waals surface area contributed by atoms with Gasteiger partial charge in [0.05, 0.1) is 29.5 Å². The molecule has 3 aliphatic carbocycles. The normalized spacial score (nSPS) is 39.0. The van der Waals surface area contributed by atoms with Gasteiger partial charge in [0.1, 0.15) is 6.10 Å². The van der Waals surface area contributed by atoms with E-state index in [1.165, 1.54) is 19.3 Å². The summed E-state index contributed by atoms with van der Waals surface area (Å²) in [6.45, 7) is 1.32. The van der Waals surface area contributed by atoms with Crippen LogP contribution in [0.2, 0.25) is 0 Å². The average molecular weight is 341 g/mol. The summed E-state index contributed by atoms with van der Waals surface area (Å²) < 4.78 is 7.95. The minimum absolute atomic E-state index is 0.373. The molecule has 1 aromatic rings. The van der Waals surface area contributed by atoms with E-state index in [0.717, 1.165) is 33.8 Å². The molecular weight excluding hydrogens is 320 g/mol. The number of halogens is 1. The second kappa shape index (κ2) is 4.82. The Kier molecular flexibility index (Phi) is 3.20. The minimum atomic E-state index is -0.373. The summed E-state index contributed by atoms with van der Waals surface area (Å²) in [6.07, 6.45) is 5.62. The molecule has 1 N–H and O–H groups in total. The van der Waals surface area contributed by atoms with Crippen LogP contribution < -0.4 is 0 Å². The quantitative estimate of drug-likeness (QED) is 0.896. The topological polar surface area (TPSA) is 47.3 Å². The lowest BCUT2D eigenvalue weighted by molar-refractivity contribution is 0.115. The molecule has 0 aromatic carbocycles. The van der Waals surface area contributed by atoms with Crippen molar-refractivity contribution in [1.29, 1.82) is 0 Å². The maximum atomic E-state index is 10.8. The number of ether oxygens (including phenoxy) is 1. The number of hydrogen-bond acceptors (Lipinski definition) is 3. The third-order valence-electron chi connectivity index (χ3n) is 5.78. The number of nitrogens with zero attached hydrogens (tertiary/aromatic N) is 2. The highest BCUT2D eigenvalue weighted by Gasteiger charge is 2.67. The highest BCUT2D eigenvalue weighted by molar-refractivity contribution is 9.10. The summed E-state index contributed by atoms with van der Waals surface area (Å²) in [6, 6.07) is 0. The Bertz CT molecular complexity index is 502. The van der Waals surface area contributed by atoms with Crippen LogP contribution in [0.1, 0.15) is 31.1 Å². The Labute approximate surface area is 127 Å². The molecule has 5 heteroatoms. The van der Waals surface area contributed by atoms with Gasteiger partial charge in [-0.15, -0.1) is 0 Å². The van der Waals surface area contributed by atoms with Crippen molar-refractivity contribution >= 4 is 15.9 Å². The second-order valence-electron chi connectivity index (χ2n) is 6.60. The monoisotopic (exact) mass is 340 g/mol. The van der Waals surface area contributed by atoms with E-state index < -0.39 is 0 Å². The molecule has 3 aliphatic rings. The van der Waals surface area contributed by atoms with Crippen molar-refractivity contribution in [2.75, 3.05) is 13.7 Å². The number of aliphatic hydroxyl groups excluding tert-OH is 1. The lowest BCUT2D eigenvalue weighted by atomic mass is 9.97. The molecule has 3 fully saturated rings. The fourth-order valence-corrected chi connectivity index (χ4v) is 5.55. The fourth-order valence-electron chi connectivity index (χ4n) is 5.02. The number of methoxy groups -OCH3 is 1. The van der Waals surface area contributed by atoms with Crippen LogP contribution in [0.5, 0.6) is 0 Å². The van der Waals surface area contributed by atoms with Gasteiger partial charge in [-0.3, -0.25) is 4.68 Å². The van der Waals surface area contributed by atoms with Gasteiger partial charge in [-0.05, 0) is 64.8 Å². The summed E-state index contributed by atoms with van der Waals surface area (Å²) in [5.74, 6) is 3.80. The molecule has 0 amide bonds. The first-order chi connectivity index (χ1) is 9.72. The van der Waals surface area contributed by atoms with Crippen molar-refractivity contribution in [3.8, 4) is 0 Å². The van der Waals surface area contributed by atoms with Crippen molar-refractivity contribution in [1.82, 2.24) is 9.78 Å². The van der Waals surface area contributed by atoms with E-state index in [4.69, 9.17) is 4.74 Å². The molecule has 1 heterocycles. The zero-order valence-electron chi connectivity index (χ0n) is 11.7. The first-order valence-electron chi connectivity index (χ1n) is 7.60. The third kappa shape index (κ3) is 1.82. The van der Waals surface area contributed by atoms with Crippen LogP contribution in [0.15, 0.2) is 10.7 Å². The highest BCUT2D eigenvalue weighted by atomic mass is 79.9. The zero-order chi connectivity index (χ0) is 13.9. The van der Waals surface area contributed by atoms with Gasteiger partial charge < -0.3 is 9.84 Å². The van der Waals surface area contributed by atoms with Crippen LogP contribution in [-0.4, -0.2) is 28.6 Å². The van der Waals surface area contributed by atoms with Crippen LogP contribution in [0.3, 0.4) is 0 Å². The summed E-state index contributed by atoms with van der Waals surface area (Å²) in [4.78, 5) is 0. The third-order valence-corrected chi connectivity index (χ3v) is 6.39. The Morgan fingerprint density at radius 3 is 2.80 bits per heavy atom. The van der Waals surface area contributed by atoms with Gasteiger partial charge in [0.15, 0.2) is 0 Å². The molecule has 20 heavy (non-hydrogen) atoms. The zero-order valence-corrected chi connectivity index (χ0v) is 13.3. The molecule has 0 radical (unpaired) electrons. The highest BCUT2D eigenvalue weighted by Crippen LogP contribution is 2.72. The lowest BCUT2D eigenvalue weighted by Gasteiger charge is -2.17. The number of aliphatic hydroxyl groups is 1. The maximum absolute atomic E-state index is 10.8. The van der Waals surface area contributed by atoms with Gasteiger partial charge in [0, 0.05) is 7.11 Å². The summed E-state index contributed by atoms with van der Waals surface area (Å²) in [5.41, 5.74) is 0.945. The van der Waals surface area contributed by atoms with Gasteiger partial charge in [0.25, 0.3) is 0 Å². The largest absolute Gasteiger partial charge is 0.386 e. The molecule has 0 saturated heterocycles. The van der Waals surface area contributed by atoms with E-state index in [1.54, 1.807) is 13.3 Å². The first-order valence-corrected chi connectivity index (χ1v) is 8.40. The van der Waals surface area contributed by atoms with Crippen LogP contribution >= 0.6 is 15.9 Å². The van der Waals surface area contributed by atoms with Gasteiger partial charge in [0.2, 0.25) is 0 Å². The Balaban J connectivity index is 1.55. The maximum Gasteiger partial charge on any atom is 0.100 e. The molecule has 1 aromatic heterocycles. The number of rotatable bonds is 5. The van der Waals surface area contributed by atoms with Crippen LogP contribution in [0, 0.1) is 29.6 Å². The van der Waals surface area contributed by atoms with E-state index >= 15 is 0 Å². The molecule has 5 atom stereocenters. The predicted molar refractivity (Wildman–Crippen MR) is 78.1 cm³/mol. The van der Waals surface area contributed by atoms with Gasteiger partial charge in [-0.1, -0.05) is 0 Å². The van der Waals surface area contributed by atoms with E-state index in [0.29, 0.717) is 19.1 Å². The van der Waals surface area contributed by atoms with Crippen LogP contribution in [-0.2, 0) is 11.3 Å². The molecule has 5 unspecified atom stereocenters. The molecular formula is C15H21BrN2O2. The van der Waals surface area contributed by atoms with Crippen molar-refractivity contribution in [3.05, 3.63) is 16.4 Å². The van der Waals surface area contributed by atoms with Gasteiger partial charge >= 0.3 is 0 Å². The van der Waals surface area contributed by atoms with Crippen molar-refractivity contribution < 1.29 is 9.84 Å². The standard InChI is InChI=1S/C15H21BrN2O2/c1-20-5-4-18-14(10(16)7-17-18)15(19)13-11-8-2-3-9(6-8)12(11)13/h7-9,11-13,15,19H,2-6H2,1H3. The van der Waals surface area contributed by atoms with Gasteiger partial charge in [-0.25, -0.2) is 0 Å². The molecule has 0 spiro atoms. The van der Waals surface area contributed by atoms with Crippen molar-refractivity contribution in [2.24, 2.45) is 29.6 Å².